The summed E-state index contributed by atoms with van der Waals surface area (Å²) in [4.78, 5) is 27.3. The van der Waals surface area contributed by atoms with Gasteiger partial charge in [-0.2, -0.15) is 4.99 Å². The summed E-state index contributed by atoms with van der Waals surface area (Å²) in [5.41, 5.74) is 0.772. The molecule has 0 aromatic heterocycles. The number of nitrogens with one attached hydrogen (secondary N) is 1. The molecule has 1 heterocycles. The zero-order valence-electron chi connectivity index (χ0n) is 14.2. The molecule has 8 heteroatoms. The second-order valence-corrected chi connectivity index (χ2v) is 7.01. The Bertz CT molecular complexity index is 746. The molecule has 0 spiro atoms. The first-order valence-corrected chi connectivity index (χ1v) is 9.44. The Morgan fingerprint density at radius 1 is 1.36 bits per heavy atom. The molecule has 1 N–H and O–H groups in total. The number of carbonyl (C=O) groups excluding carboxylic acids is 2. The molecule has 134 valence electrons. The highest BCUT2D eigenvalue weighted by Crippen LogP contribution is 2.38. The Hall–Kier alpha value is -1.80. The molecule has 0 atom stereocenters. The molecular weight excluding hydrogens is 408 g/mol. The average molecular weight is 427 g/mol. The van der Waals surface area contributed by atoms with Crippen molar-refractivity contribution in [1.29, 1.82) is 0 Å². The summed E-state index contributed by atoms with van der Waals surface area (Å²) in [7, 11) is 0. The van der Waals surface area contributed by atoms with Crippen LogP contribution in [0, 0.1) is 0 Å². The smallest absolute Gasteiger partial charge is 0.286 e. The Morgan fingerprint density at radius 2 is 2.12 bits per heavy atom. The molecular formula is C17H19BrN2O4S. The van der Waals surface area contributed by atoms with E-state index < -0.39 is 0 Å². The first-order valence-electron chi connectivity index (χ1n) is 7.83. The van der Waals surface area contributed by atoms with Gasteiger partial charge >= 0.3 is 0 Å². The molecule has 2 amide bonds. The zero-order chi connectivity index (χ0) is 18.4. The fourth-order valence-electron chi connectivity index (χ4n) is 2.04. The van der Waals surface area contributed by atoms with Gasteiger partial charge in [-0.15, -0.1) is 0 Å². The van der Waals surface area contributed by atoms with Crippen LogP contribution in [0.5, 0.6) is 11.5 Å². The number of carbonyl (C=O) groups is 2. The van der Waals surface area contributed by atoms with Gasteiger partial charge in [-0.25, -0.2) is 0 Å². The first kappa shape index (κ1) is 19.5. The third-order valence-electron chi connectivity index (χ3n) is 2.98. The van der Waals surface area contributed by atoms with E-state index in [2.05, 4.69) is 26.2 Å². The van der Waals surface area contributed by atoms with Gasteiger partial charge in [0.15, 0.2) is 16.7 Å². The second kappa shape index (κ2) is 9.05. The lowest BCUT2D eigenvalue weighted by atomic mass is 10.2. The zero-order valence-corrected chi connectivity index (χ0v) is 16.6. The molecule has 0 fully saturated rings. The molecule has 1 aromatic rings. The summed E-state index contributed by atoms with van der Waals surface area (Å²) in [6.07, 6.45) is 2.60. The van der Waals surface area contributed by atoms with E-state index in [-0.39, 0.29) is 17.0 Å². The van der Waals surface area contributed by atoms with E-state index in [0.29, 0.717) is 29.6 Å². The minimum atomic E-state index is -0.380. The van der Waals surface area contributed by atoms with Gasteiger partial charge < -0.3 is 14.8 Å². The van der Waals surface area contributed by atoms with Gasteiger partial charge in [-0.05, 0) is 64.8 Å². The van der Waals surface area contributed by atoms with Crippen LogP contribution in [0.25, 0.3) is 6.08 Å². The number of halogens is 1. The number of aliphatic imine (C=N–C) groups is 1. The molecule has 1 aliphatic heterocycles. The van der Waals surface area contributed by atoms with Crippen LogP contribution in [0.3, 0.4) is 0 Å². The maximum Gasteiger partial charge on any atom is 0.286 e. The van der Waals surface area contributed by atoms with Crippen molar-refractivity contribution in [2.45, 2.75) is 27.2 Å². The van der Waals surface area contributed by atoms with Crippen LogP contribution in [0.2, 0.25) is 0 Å². The Morgan fingerprint density at radius 3 is 2.76 bits per heavy atom. The predicted octanol–water partition coefficient (Wildman–Crippen LogP) is 3.74. The van der Waals surface area contributed by atoms with Crippen LogP contribution < -0.4 is 14.8 Å². The SMILES string of the molecule is CCCOc1c(Br)cc(/C=C2/SC(NC(C)=O)=NC2=O)cc1OCC. The number of ether oxygens (including phenoxy) is 2. The molecule has 0 saturated carbocycles. The van der Waals surface area contributed by atoms with Crippen molar-refractivity contribution in [1.82, 2.24) is 5.32 Å². The van der Waals surface area contributed by atoms with E-state index >= 15 is 0 Å². The van der Waals surface area contributed by atoms with Gasteiger partial charge in [-0.1, -0.05) is 6.92 Å². The number of nitrogens with zero attached hydrogens (tertiary/aromatic N) is 1. The van der Waals surface area contributed by atoms with Gasteiger partial charge in [0.1, 0.15) is 0 Å². The minimum absolute atomic E-state index is 0.265. The molecule has 6 nitrogen and oxygen atoms in total. The van der Waals surface area contributed by atoms with Crippen LogP contribution in [0.15, 0.2) is 26.5 Å². The van der Waals surface area contributed by atoms with Crippen LogP contribution >= 0.6 is 27.7 Å². The largest absolute Gasteiger partial charge is 0.490 e. The van der Waals surface area contributed by atoms with Crippen LogP contribution in [0.4, 0.5) is 0 Å². The molecule has 0 aliphatic carbocycles. The molecule has 0 unspecified atom stereocenters. The van der Waals surface area contributed by atoms with E-state index in [1.165, 1.54) is 6.92 Å². The van der Waals surface area contributed by atoms with E-state index in [1.54, 1.807) is 6.08 Å². The lowest BCUT2D eigenvalue weighted by molar-refractivity contribution is -0.117. The van der Waals surface area contributed by atoms with Gasteiger partial charge in [0.05, 0.1) is 22.6 Å². The topological polar surface area (TPSA) is 77.0 Å². The Labute approximate surface area is 159 Å². The van der Waals surface area contributed by atoms with Crippen LogP contribution in [-0.2, 0) is 9.59 Å². The lowest BCUT2D eigenvalue weighted by Crippen LogP contribution is -2.23. The normalized spacial score (nSPS) is 15.3. The summed E-state index contributed by atoms with van der Waals surface area (Å²) in [6, 6.07) is 3.67. The fraction of sp³-hybridized carbons (Fsp3) is 0.353. The standard InChI is InChI=1S/C17H19BrN2O4S/c1-4-6-24-15-12(18)7-11(8-13(15)23-5-2)9-14-16(22)20-17(25-14)19-10(3)21/h7-9H,4-6H2,1-3H3,(H,19,20,21,22)/b14-9+. The van der Waals surface area contributed by atoms with Crippen molar-refractivity contribution in [3.8, 4) is 11.5 Å². The summed E-state index contributed by atoms with van der Waals surface area (Å²) >= 11 is 4.62. The van der Waals surface area contributed by atoms with Gasteiger partial charge in [0.2, 0.25) is 5.91 Å². The third kappa shape index (κ3) is 5.34. The minimum Gasteiger partial charge on any atom is -0.490 e. The van der Waals surface area contributed by atoms with Gasteiger partial charge in [-0.3, -0.25) is 9.59 Å². The Balaban J connectivity index is 2.28. The summed E-state index contributed by atoms with van der Waals surface area (Å²) in [5, 5.41) is 2.81. The fourth-order valence-corrected chi connectivity index (χ4v) is 3.48. The highest BCUT2D eigenvalue weighted by atomic mass is 79.9. The van der Waals surface area contributed by atoms with Crippen molar-refractivity contribution in [2.75, 3.05) is 13.2 Å². The second-order valence-electron chi connectivity index (χ2n) is 5.13. The monoisotopic (exact) mass is 426 g/mol. The average Bonchev–Trinajstić information content (AvgIpc) is 2.85. The summed E-state index contributed by atoms with van der Waals surface area (Å²) in [6.45, 7) is 6.38. The molecule has 0 saturated heterocycles. The highest BCUT2D eigenvalue weighted by molar-refractivity contribution is 9.10. The van der Waals surface area contributed by atoms with Gasteiger partial charge in [0, 0.05) is 6.92 Å². The van der Waals surface area contributed by atoms with Crippen molar-refractivity contribution in [3.05, 3.63) is 27.1 Å². The van der Waals surface area contributed by atoms with E-state index in [0.717, 1.165) is 28.2 Å². The maximum atomic E-state index is 12.0. The summed E-state index contributed by atoms with van der Waals surface area (Å²) in [5.74, 6) is 0.607. The number of benzene rings is 1. The Kier molecular flexibility index (Phi) is 7.07. The predicted molar refractivity (Wildman–Crippen MR) is 103 cm³/mol. The molecule has 1 aliphatic rings. The number of hydrogen-bond donors (Lipinski definition) is 1. The number of thioether (sulfide) groups is 1. The van der Waals surface area contributed by atoms with Crippen molar-refractivity contribution in [3.63, 3.8) is 0 Å². The quantitative estimate of drug-likeness (QED) is 0.700. The van der Waals surface area contributed by atoms with Crippen LogP contribution in [0.1, 0.15) is 32.8 Å². The summed E-state index contributed by atoms with van der Waals surface area (Å²) < 4.78 is 12.1. The number of hydrogen-bond acceptors (Lipinski definition) is 5. The molecule has 25 heavy (non-hydrogen) atoms. The molecule has 0 bridgehead atoms. The number of amides is 2. The van der Waals surface area contributed by atoms with Crippen LogP contribution in [-0.4, -0.2) is 30.2 Å². The first-order chi connectivity index (χ1) is 11.9. The number of rotatable bonds is 6. The molecule has 2 rings (SSSR count). The molecule has 0 radical (unpaired) electrons. The van der Waals surface area contributed by atoms with Crippen molar-refractivity contribution < 1.29 is 19.1 Å². The van der Waals surface area contributed by atoms with E-state index in [4.69, 9.17) is 9.47 Å². The highest BCUT2D eigenvalue weighted by Gasteiger charge is 2.23. The van der Waals surface area contributed by atoms with E-state index in [1.807, 2.05) is 26.0 Å². The van der Waals surface area contributed by atoms with Gasteiger partial charge in [0.25, 0.3) is 5.91 Å². The van der Waals surface area contributed by atoms with E-state index in [9.17, 15) is 9.59 Å². The van der Waals surface area contributed by atoms with Crippen molar-refractivity contribution in [2.24, 2.45) is 4.99 Å². The third-order valence-corrected chi connectivity index (χ3v) is 4.47. The lowest BCUT2D eigenvalue weighted by Gasteiger charge is -2.14. The number of amidine groups is 1. The molecule has 1 aromatic carbocycles. The van der Waals surface area contributed by atoms with Crippen molar-refractivity contribution >= 4 is 50.7 Å². The maximum absolute atomic E-state index is 12.0.